The molecule has 6 nitrogen and oxygen atoms in total. The van der Waals surface area contributed by atoms with Crippen LogP contribution in [0.5, 0.6) is 0 Å². The summed E-state index contributed by atoms with van der Waals surface area (Å²) in [4.78, 5) is 13.7. The number of hydrogen-bond acceptors (Lipinski definition) is 5. The van der Waals surface area contributed by atoms with Gasteiger partial charge >= 0.3 is 0 Å². The minimum Gasteiger partial charge on any atom is -0.383 e. The smallest absolute Gasteiger partial charge is 0.163 e. The van der Waals surface area contributed by atoms with Gasteiger partial charge in [0.1, 0.15) is 12.1 Å². The third-order valence-corrected chi connectivity index (χ3v) is 5.49. The maximum Gasteiger partial charge on any atom is 0.163 e. The van der Waals surface area contributed by atoms with E-state index in [0.717, 1.165) is 50.9 Å². The first kappa shape index (κ1) is 18.2. The highest BCUT2D eigenvalue weighted by atomic mass is 15.3. The Hall–Kier alpha value is -3.80. The van der Waals surface area contributed by atoms with Crippen molar-refractivity contribution in [1.82, 2.24) is 24.7 Å². The first-order valence-corrected chi connectivity index (χ1v) is 10.1. The molecule has 0 aliphatic rings. The molecule has 0 radical (unpaired) electrons. The molecule has 0 atom stereocenters. The van der Waals surface area contributed by atoms with E-state index in [4.69, 9.17) is 15.8 Å². The lowest BCUT2D eigenvalue weighted by Crippen LogP contribution is -2.06. The number of nitrogens with two attached hydrogens (primary N) is 1. The molecule has 0 saturated carbocycles. The van der Waals surface area contributed by atoms with Gasteiger partial charge in [0.2, 0.25) is 0 Å². The highest BCUT2D eigenvalue weighted by Crippen LogP contribution is 2.30. The SMILES string of the molecule is CCc1nn(Cc2cc3ccccc3nc2-c2ccccc2C)c2ncnc(N)c12. The van der Waals surface area contributed by atoms with Crippen molar-refractivity contribution >= 4 is 27.8 Å². The number of nitrogens with zero attached hydrogens (tertiary/aromatic N) is 5. The predicted molar refractivity (Wildman–Crippen MR) is 120 cm³/mol. The molecule has 0 amide bonds. The molecular weight excluding hydrogens is 372 g/mol. The van der Waals surface area contributed by atoms with Gasteiger partial charge in [-0.1, -0.05) is 49.4 Å². The number of para-hydroxylation sites is 1. The number of anilines is 1. The number of fused-ring (bicyclic) bond motifs is 2. The third kappa shape index (κ3) is 2.97. The van der Waals surface area contributed by atoms with Crippen LogP contribution in [-0.2, 0) is 13.0 Å². The number of benzene rings is 2. The van der Waals surface area contributed by atoms with Crippen LogP contribution < -0.4 is 5.73 Å². The van der Waals surface area contributed by atoms with Crippen molar-refractivity contribution in [2.24, 2.45) is 0 Å². The molecule has 148 valence electrons. The summed E-state index contributed by atoms with van der Waals surface area (Å²) in [5.74, 6) is 0.471. The van der Waals surface area contributed by atoms with E-state index in [1.165, 1.54) is 11.9 Å². The molecule has 0 aliphatic heterocycles. The summed E-state index contributed by atoms with van der Waals surface area (Å²) in [5, 5.41) is 6.75. The topological polar surface area (TPSA) is 82.5 Å². The monoisotopic (exact) mass is 394 g/mol. The average Bonchev–Trinajstić information content (AvgIpc) is 3.13. The molecule has 2 N–H and O–H groups in total. The van der Waals surface area contributed by atoms with Gasteiger partial charge in [0, 0.05) is 16.5 Å². The number of aromatic nitrogens is 5. The van der Waals surface area contributed by atoms with E-state index < -0.39 is 0 Å². The van der Waals surface area contributed by atoms with E-state index >= 15 is 0 Å². The Morgan fingerprint density at radius 2 is 1.80 bits per heavy atom. The summed E-state index contributed by atoms with van der Waals surface area (Å²) in [6.07, 6.45) is 2.26. The Bertz CT molecular complexity index is 1390. The van der Waals surface area contributed by atoms with Crippen LogP contribution in [0.15, 0.2) is 60.9 Å². The molecule has 3 aromatic heterocycles. The van der Waals surface area contributed by atoms with Gasteiger partial charge in [-0.25, -0.2) is 19.6 Å². The van der Waals surface area contributed by atoms with Gasteiger partial charge in [-0.05, 0) is 31.0 Å². The zero-order valence-corrected chi connectivity index (χ0v) is 17.0. The second kappa shape index (κ2) is 7.22. The quantitative estimate of drug-likeness (QED) is 0.484. The number of pyridine rings is 1. The van der Waals surface area contributed by atoms with Crippen LogP contribution in [0.2, 0.25) is 0 Å². The lowest BCUT2D eigenvalue weighted by Gasteiger charge is -2.13. The van der Waals surface area contributed by atoms with E-state index in [-0.39, 0.29) is 0 Å². The highest BCUT2D eigenvalue weighted by Gasteiger charge is 2.17. The molecule has 0 saturated heterocycles. The van der Waals surface area contributed by atoms with Crippen molar-refractivity contribution < 1.29 is 0 Å². The molecule has 6 heteroatoms. The lowest BCUT2D eigenvalue weighted by molar-refractivity contribution is 0.689. The number of hydrogen-bond donors (Lipinski definition) is 1. The average molecular weight is 394 g/mol. The van der Waals surface area contributed by atoms with E-state index in [0.29, 0.717) is 12.4 Å². The predicted octanol–water partition coefficient (Wildman–Crippen LogP) is 4.54. The number of rotatable bonds is 4. The summed E-state index contributed by atoms with van der Waals surface area (Å²) < 4.78 is 1.92. The van der Waals surface area contributed by atoms with Crippen molar-refractivity contribution in [2.75, 3.05) is 5.73 Å². The minimum absolute atomic E-state index is 0.471. The fraction of sp³-hybridized carbons (Fsp3) is 0.167. The van der Waals surface area contributed by atoms with Crippen LogP contribution in [0.1, 0.15) is 23.7 Å². The molecule has 0 bridgehead atoms. The molecule has 2 aromatic carbocycles. The van der Waals surface area contributed by atoms with E-state index in [1.807, 2.05) is 28.9 Å². The molecule has 5 rings (SSSR count). The van der Waals surface area contributed by atoms with Gasteiger partial charge in [0.05, 0.1) is 28.8 Å². The van der Waals surface area contributed by atoms with Gasteiger partial charge in [-0.15, -0.1) is 0 Å². The van der Waals surface area contributed by atoms with Crippen LogP contribution in [-0.4, -0.2) is 24.7 Å². The minimum atomic E-state index is 0.471. The maximum atomic E-state index is 6.14. The zero-order chi connectivity index (χ0) is 20.7. The van der Waals surface area contributed by atoms with Crippen molar-refractivity contribution in [1.29, 1.82) is 0 Å². The van der Waals surface area contributed by atoms with Gasteiger partial charge < -0.3 is 5.73 Å². The first-order chi connectivity index (χ1) is 14.7. The number of aryl methyl sites for hydroxylation is 2. The van der Waals surface area contributed by atoms with E-state index in [2.05, 4.69) is 54.1 Å². The van der Waals surface area contributed by atoms with Gasteiger partial charge in [-0.2, -0.15) is 5.10 Å². The second-order valence-corrected chi connectivity index (χ2v) is 7.42. The fourth-order valence-electron chi connectivity index (χ4n) is 3.98. The second-order valence-electron chi connectivity index (χ2n) is 7.42. The van der Waals surface area contributed by atoms with Crippen molar-refractivity contribution in [2.45, 2.75) is 26.8 Å². The molecule has 30 heavy (non-hydrogen) atoms. The third-order valence-electron chi connectivity index (χ3n) is 5.49. The molecule has 0 aliphatic carbocycles. The van der Waals surface area contributed by atoms with Crippen LogP contribution in [0.25, 0.3) is 33.2 Å². The number of nitrogen functional groups attached to an aromatic ring is 1. The largest absolute Gasteiger partial charge is 0.383 e. The van der Waals surface area contributed by atoms with Crippen molar-refractivity contribution in [3.63, 3.8) is 0 Å². The Morgan fingerprint density at radius 1 is 1.00 bits per heavy atom. The molecular formula is C24H22N6. The van der Waals surface area contributed by atoms with Crippen molar-refractivity contribution in [3.05, 3.63) is 77.7 Å². The standard InChI is InChI=1S/C24H22N6/c1-3-19-21-23(25)26-14-27-24(21)30(29-19)13-17-12-16-9-5-7-11-20(16)28-22(17)18-10-6-4-8-15(18)2/h4-12,14H,3,13H2,1-2H3,(H2,25,26,27). The van der Waals surface area contributed by atoms with Gasteiger partial charge in [-0.3, -0.25) is 0 Å². The molecule has 0 unspecified atom stereocenters. The van der Waals surface area contributed by atoms with E-state index in [1.54, 1.807) is 0 Å². The normalized spacial score (nSPS) is 11.4. The maximum absolute atomic E-state index is 6.14. The fourth-order valence-corrected chi connectivity index (χ4v) is 3.98. The lowest BCUT2D eigenvalue weighted by atomic mass is 9.99. The Balaban J connectivity index is 1.73. The van der Waals surface area contributed by atoms with Crippen LogP contribution >= 0.6 is 0 Å². The highest BCUT2D eigenvalue weighted by molar-refractivity contribution is 5.88. The van der Waals surface area contributed by atoms with Gasteiger partial charge in [0.25, 0.3) is 0 Å². The molecule has 0 spiro atoms. The Kier molecular flexibility index (Phi) is 4.39. The van der Waals surface area contributed by atoms with Crippen LogP contribution in [0.3, 0.4) is 0 Å². The molecule has 5 aromatic rings. The zero-order valence-electron chi connectivity index (χ0n) is 17.0. The van der Waals surface area contributed by atoms with Gasteiger partial charge in [0.15, 0.2) is 5.65 Å². The summed E-state index contributed by atoms with van der Waals surface area (Å²) >= 11 is 0. The Morgan fingerprint density at radius 3 is 2.63 bits per heavy atom. The summed E-state index contributed by atoms with van der Waals surface area (Å²) in [7, 11) is 0. The molecule has 0 fully saturated rings. The first-order valence-electron chi connectivity index (χ1n) is 10.1. The van der Waals surface area contributed by atoms with Crippen LogP contribution in [0.4, 0.5) is 5.82 Å². The molecule has 3 heterocycles. The van der Waals surface area contributed by atoms with Crippen LogP contribution in [0, 0.1) is 6.92 Å². The summed E-state index contributed by atoms with van der Waals surface area (Å²) in [6, 6.07) is 18.7. The summed E-state index contributed by atoms with van der Waals surface area (Å²) in [6.45, 7) is 4.73. The van der Waals surface area contributed by atoms with Crippen molar-refractivity contribution in [3.8, 4) is 11.3 Å². The Labute approximate surface area is 174 Å². The van der Waals surface area contributed by atoms with E-state index in [9.17, 15) is 0 Å². The summed E-state index contributed by atoms with van der Waals surface area (Å²) in [5.41, 5.74) is 13.1.